The lowest BCUT2D eigenvalue weighted by Gasteiger charge is -2.31. The third-order valence-electron chi connectivity index (χ3n) is 8.39. The number of rotatable bonds is 12. The zero-order valence-corrected chi connectivity index (χ0v) is 27.0. The highest BCUT2D eigenvalue weighted by atomic mass is 19.4. The lowest BCUT2D eigenvalue weighted by Crippen LogP contribution is -2.46. The van der Waals surface area contributed by atoms with E-state index in [0.717, 1.165) is 48.1 Å². The molecule has 1 fully saturated rings. The number of morpholine rings is 1. The molecule has 3 aliphatic heterocycles. The highest BCUT2D eigenvalue weighted by Crippen LogP contribution is 2.32. The van der Waals surface area contributed by atoms with Gasteiger partial charge in [0, 0.05) is 51.1 Å². The van der Waals surface area contributed by atoms with Crippen molar-refractivity contribution >= 4 is 29.3 Å². The molecular weight excluding hydrogens is 597 g/mol. The lowest BCUT2D eigenvalue weighted by molar-refractivity contribution is -0.153. The number of ether oxygens (including phenoxy) is 1. The number of halogens is 3. The first-order valence-corrected chi connectivity index (χ1v) is 16.0. The Balaban J connectivity index is 1.19. The third-order valence-corrected chi connectivity index (χ3v) is 8.39. The van der Waals surface area contributed by atoms with Gasteiger partial charge >= 0.3 is 6.18 Å². The minimum absolute atomic E-state index is 0.113. The van der Waals surface area contributed by atoms with Crippen LogP contribution in [0.5, 0.6) is 0 Å². The van der Waals surface area contributed by atoms with Crippen LogP contribution in [0.2, 0.25) is 0 Å². The zero-order chi connectivity index (χ0) is 33.1. The van der Waals surface area contributed by atoms with Gasteiger partial charge in [-0.1, -0.05) is 24.3 Å². The molecule has 1 aromatic heterocycles. The first kappa shape index (κ1) is 35.1. The number of pyridine rings is 1. The number of nitrogens with zero attached hydrogens (tertiary/aromatic N) is 5. The van der Waals surface area contributed by atoms with Crippen LogP contribution in [0.25, 0.3) is 5.57 Å². The topological polar surface area (TPSA) is 90.4 Å². The molecule has 1 aromatic rings. The minimum atomic E-state index is -4.29. The highest BCUT2D eigenvalue weighted by Gasteiger charge is 2.39. The van der Waals surface area contributed by atoms with E-state index in [9.17, 15) is 22.8 Å². The van der Waals surface area contributed by atoms with E-state index in [0.29, 0.717) is 63.9 Å². The average molecular weight is 643 g/mol. The number of alkyl halides is 3. The molecule has 0 saturated carbocycles. The lowest BCUT2D eigenvalue weighted by atomic mass is 10.0. The van der Waals surface area contributed by atoms with Crippen molar-refractivity contribution in [1.29, 1.82) is 0 Å². The Labute approximate surface area is 269 Å². The molecule has 0 aromatic carbocycles. The molecule has 0 aliphatic carbocycles. The van der Waals surface area contributed by atoms with E-state index in [1.165, 1.54) is 0 Å². The number of aromatic nitrogens is 1. The molecule has 46 heavy (non-hydrogen) atoms. The van der Waals surface area contributed by atoms with Crippen LogP contribution in [0, 0.1) is 12.8 Å². The summed E-state index contributed by atoms with van der Waals surface area (Å²) >= 11 is 0. The van der Waals surface area contributed by atoms with E-state index in [1.807, 2.05) is 54.9 Å². The van der Waals surface area contributed by atoms with Gasteiger partial charge < -0.3 is 19.9 Å². The maximum absolute atomic E-state index is 13.0. The monoisotopic (exact) mass is 642 g/mol. The van der Waals surface area contributed by atoms with Gasteiger partial charge in [-0.15, -0.1) is 0 Å². The van der Waals surface area contributed by atoms with Crippen molar-refractivity contribution in [3.05, 3.63) is 65.4 Å². The van der Waals surface area contributed by atoms with Gasteiger partial charge in [0.2, 0.25) is 11.8 Å². The highest BCUT2D eigenvalue weighted by molar-refractivity contribution is 5.91. The van der Waals surface area contributed by atoms with Crippen molar-refractivity contribution < 1.29 is 27.5 Å². The van der Waals surface area contributed by atoms with E-state index in [1.54, 1.807) is 12.3 Å². The number of allylic oxidation sites excluding steroid dienone is 4. The SMILES string of the molecule is C/C=C(/C)N(CCC/C=C\CC(=O)Nc1cnc(C2=CCN(CC(=O)N3CCOCC3)CC2)c(C)c1)C1=CCC(C(F)(F)F)C=N1. The summed E-state index contributed by atoms with van der Waals surface area (Å²) in [6.45, 7) is 10.8. The number of aryl methyl sites for hydroxylation is 1. The Morgan fingerprint density at radius 1 is 1.17 bits per heavy atom. The molecule has 2 amide bonds. The van der Waals surface area contributed by atoms with E-state index in [2.05, 4.69) is 26.3 Å². The van der Waals surface area contributed by atoms with Crippen LogP contribution in [-0.2, 0) is 14.3 Å². The van der Waals surface area contributed by atoms with E-state index >= 15 is 0 Å². The van der Waals surface area contributed by atoms with Gasteiger partial charge in [0.15, 0.2) is 0 Å². The Hall–Kier alpha value is -3.77. The third kappa shape index (κ3) is 10.1. The second-order valence-corrected chi connectivity index (χ2v) is 11.8. The second kappa shape index (κ2) is 16.7. The smallest absolute Gasteiger partial charge is 0.378 e. The van der Waals surface area contributed by atoms with Crippen LogP contribution in [-0.4, -0.2) is 96.4 Å². The Morgan fingerprint density at radius 2 is 1.96 bits per heavy atom. The standard InChI is InChI=1S/C34H45F3N6O3/c1-4-26(3)43(30-11-10-28(22-38-30)34(35,36)37)14-8-6-5-7-9-31(44)40-29-21-25(2)33(39-23-29)27-12-15-41(16-13-27)24-32(45)42-17-19-46-20-18-42/h4-5,7,11-12,21-23,28H,6,8-10,13-20,24H2,1-3H3,(H,40,44)/b7-5-,26-4-. The molecule has 12 heteroatoms. The number of nitrogens with one attached hydrogen (secondary N) is 1. The van der Waals surface area contributed by atoms with Crippen LogP contribution < -0.4 is 5.32 Å². The predicted molar refractivity (Wildman–Crippen MR) is 174 cm³/mol. The Kier molecular flexibility index (Phi) is 12.7. The van der Waals surface area contributed by atoms with Crippen molar-refractivity contribution in [1.82, 2.24) is 19.7 Å². The molecule has 1 atom stereocenters. The molecule has 0 spiro atoms. The number of hydrogen-bond acceptors (Lipinski definition) is 7. The molecule has 4 rings (SSSR count). The van der Waals surface area contributed by atoms with Crippen molar-refractivity contribution in [2.24, 2.45) is 10.9 Å². The van der Waals surface area contributed by atoms with Gasteiger partial charge in [0.25, 0.3) is 0 Å². The fourth-order valence-electron chi connectivity index (χ4n) is 5.58. The van der Waals surface area contributed by atoms with Gasteiger partial charge in [-0.2, -0.15) is 13.2 Å². The number of unbranched alkanes of at least 4 members (excludes halogenated alkanes) is 1. The number of carbonyl (C=O) groups excluding carboxylic acids is 2. The maximum atomic E-state index is 13.0. The van der Waals surface area contributed by atoms with Crippen LogP contribution in [0.1, 0.15) is 57.2 Å². The van der Waals surface area contributed by atoms with Crippen molar-refractivity contribution in [3.8, 4) is 0 Å². The predicted octanol–water partition coefficient (Wildman–Crippen LogP) is 5.72. The molecule has 1 saturated heterocycles. The summed E-state index contributed by atoms with van der Waals surface area (Å²) in [4.78, 5) is 39.8. The molecule has 1 unspecified atom stereocenters. The molecule has 0 bridgehead atoms. The molecule has 1 N–H and O–H groups in total. The van der Waals surface area contributed by atoms with Gasteiger partial charge in [0.1, 0.15) is 5.82 Å². The van der Waals surface area contributed by atoms with Crippen LogP contribution >= 0.6 is 0 Å². The van der Waals surface area contributed by atoms with Gasteiger partial charge in [-0.05, 0) is 69.7 Å². The first-order chi connectivity index (χ1) is 22.0. The van der Waals surface area contributed by atoms with Gasteiger partial charge in [0.05, 0.1) is 43.3 Å². The van der Waals surface area contributed by atoms with E-state index in [4.69, 9.17) is 4.74 Å². The minimum Gasteiger partial charge on any atom is -0.378 e. The molecule has 0 radical (unpaired) electrons. The molecular formula is C34H45F3N6O3. The molecule has 9 nitrogen and oxygen atoms in total. The van der Waals surface area contributed by atoms with Crippen LogP contribution in [0.3, 0.4) is 0 Å². The van der Waals surface area contributed by atoms with E-state index < -0.39 is 12.1 Å². The Bertz CT molecular complexity index is 1380. The average Bonchev–Trinajstić information content (AvgIpc) is 3.05. The fourth-order valence-corrected chi connectivity index (χ4v) is 5.58. The van der Waals surface area contributed by atoms with Crippen molar-refractivity contribution in [3.63, 3.8) is 0 Å². The summed E-state index contributed by atoms with van der Waals surface area (Å²) in [5.74, 6) is -1.00. The molecule has 250 valence electrons. The fraction of sp³-hybridized carbons (Fsp3) is 0.529. The maximum Gasteiger partial charge on any atom is 0.396 e. The summed E-state index contributed by atoms with van der Waals surface area (Å²) in [5, 5.41) is 2.91. The van der Waals surface area contributed by atoms with Gasteiger partial charge in [-0.25, -0.2) is 4.99 Å². The molecule has 4 heterocycles. The number of carbonyl (C=O) groups is 2. The molecule has 3 aliphatic rings. The number of anilines is 1. The summed E-state index contributed by atoms with van der Waals surface area (Å²) in [7, 11) is 0. The van der Waals surface area contributed by atoms with Crippen LogP contribution in [0.4, 0.5) is 18.9 Å². The quantitative estimate of drug-likeness (QED) is 0.232. The number of hydrogen-bond donors (Lipinski definition) is 1. The van der Waals surface area contributed by atoms with E-state index in [-0.39, 0.29) is 24.7 Å². The normalized spacial score (nSPS) is 19.7. The van der Waals surface area contributed by atoms with Crippen LogP contribution in [0.15, 0.2) is 59.2 Å². The summed E-state index contributed by atoms with van der Waals surface area (Å²) in [6, 6.07) is 1.93. The number of aliphatic imine (C=N–C) groups is 1. The van der Waals surface area contributed by atoms with Crippen molar-refractivity contribution in [2.45, 2.75) is 59.1 Å². The zero-order valence-electron chi connectivity index (χ0n) is 27.0. The number of amides is 2. The summed E-state index contributed by atoms with van der Waals surface area (Å²) in [5.41, 5.74) is 4.60. The first-order valence-electron chi connectivity index (χ1n) is 16.0. The largest absolute Gasteiger partial charge is 0.396 e. The van der Waals surface area contributed by atoms with Gasteiger partial charge in [-0.3, -0.25) is 19.5 Å². The summed E-state index contributed by atoms with van der Waals surface area (Å²) in [6.07, 6.45) is 10.1. The summed E-state index contributed by atoms with van der Waals surface area (Å²) < 4.78 is 44.3. The second-order valence-electron chi connectivity index (χ2n) is 11.8. The van der Waals surface area contributed by atoms with Crippen molar-refractivity contribution in [2.75, 3.05) is 57.8 Å². The Morgan fingerprint density at radius 3 is 2.59 bits per heavy atom.